The van der Waals surface area contributed by atoms with Crippen molar-refractivity contribution >= 4 is 38.9 Å². The van der Waals surface area contributed by atoms with Crippen molar-refractivity contribution in [1.29, 1.82) is 0 Å². The van der Waals surface area contributed by atoms with E-state index >= 15 is 0 Å². The average molecular weight is 468 g/mol. The largest absolute Gasteiger partial charge is 0.495 e. The molecule has 1 N–H and O–H groups in total. The number of methoxy groups -OCH3 is 1. The van der Waals surface area contributed by atoms with E-state index in [9.17, 15) is 23.3 Å². The Balaban J connectivity index is 1.77. The highest BCUT2D eigenvalue weighted by molar-refractivity contribution is 7.89. The zero-order chi connectivity index (χ0) is 22.8. The maximum absolute atomic E-state index is 13.1. The van der Waals surface area contributed by atoms with Gasteiger partial charge in [0.25, 0.3) is 5.69 Å². The molecule has 1 saturated heterocycles. The molecule has 9 nitrogen and oxygen atoms in total. The van der Waals surface area contributed by atoms with Crippen LogP contribution in [-0.4, -0.2) is 43.8 Å². The first-order chi connectivity index (χ1) is 14.6. The van der Waals surface area contributed by atoms with E-state index in [0.29, 0.717) is 29.8 Å². The summed E-state index contributed by atoms with van der Waals surface area (Å²) >= 11 is 6.07. The molecular weight excluding hydrogens is 446 g/mol. The smallest absolute Gasteiger partial charge is 0.274 e. The number of nitro groups is 1. The number of piperidine rings is 1. The van der Waals surface area contributed by atoms with E-state index in [1.165, 1.54) is 41.7 Å². The van der Waals surface area contributed by atoms with Gasteiger partial charge in [-0.15, -0.1) is 0 Å². The summed E-state index contributed by atoms with van der Waals surface area (Å²) in [5.41, 5.74) is 0.581. The standard InChI is InChI=1S/C20H22ClN3O6S/c1-13-17(6-3-7-18(13)24(26)27)22-20(25)14-5-4-10-23(12-14)31(28,29)15-8-9-19(30-2)16(21)11-15/h3,6-9,11,14H,4-5,10,12H2,1-2H3,(H,22,25)/t14-/m1/s1. The Labute approximate surface area is 185 Å². The molecule has 0 spiro atoms. The summed E-state index contributed by atoms with van der Waals surface area (Å²) in [5, 5.41) is 14.0. The third kappa shape index (κ3) is 4.81. The fourth-order valence-corrected chi connectivity index (χ4v) is 5.40. The molecule has 2 aromatic rings. The number of sulfonamides is 1. The highest BCUT2D eigenvalue weighted by Crippen LogP contribution is 2.31. The zero-order valence-corrected chi connectivity index (χ0v) is 18.6. The third-order valence-corrected chi connectivity index (χ3v) is 7.43. The topological polar surface area (TPSA) is 119 Å². The summed E-state index contributed by atoms with van der Waals surface area (Å²) in [6.07, 6.45) is 1.02. The number of ether oxygens (including phenoxy) is 1. The summed E-state index contributed by atoms with van der Waals surface area (Å²) in [6, 6.07) is 8.65. The van der Waals surface area contributed by atoms with Crippen LogP contribution in [0.1, 0.15) is 18.4 Å². The third-order valence-electron chi connectivity index (χ3n) is 5.28. The van der Waals surface area contributed by atoms with Crippen molar-refractivity contribution in [1.82, 2.24) is 4.31 Å². The van der Waals surface area contributed by atoms with E-state index < -0.39 is 20.9 Å². The van der Waals surface area contributed by atoms with Crippen molar-refractivity contribution in [2.24, 2.45) is 5.92 Å². The summed E-state index contributed by atoms with van der Waals surface area (Å²) < 4.78 is 32.4. The number of rotatable bonds is 6. The molecular formula is C20H22ClN3O6S. The number of nitrogens with zero attached hydrogens (tertiary/aromatic N) is 2. The van der Waals surface area contributed by atoms with Crippen molar-refractivity contribution in [2.75, 3.05) is 25.5 Å². The summed E-state index contributed by atoms with van der Waals surface area (Å²) in [6.45, 7) is 1.84. The second-order valence-corrected chi connectivity index (χ2v) is 9.54. The van der Waals surface area contributed by atoms with Gasteiger partial charge in [0, 0.05) is 19.2 Å². The number of carbonyl (C=O) groups excluding carboxylic acids is 1. The summed E-state index contributed by atoms with van der Waals surface area (Å²) in [4.78, 5) is 23.4. The Morgan fingerprint density at radius 3 is 2.71 bits per heavy atom. The monoisotopic (exact) mass is 467 g/mol. The fourth-order valence-electron chi connectivity index (χ4n) is 3.52. The minimum absolute atomic E-state index is 0.00574. The summed E-state index contributed by atoms with van der Waals surface area (Å²) in [5.74, 6) is -0.601. The van der Waals surface area contributed by atoms with Crippen LogP contribution >= 0.6 is 11.6 Å². The zero-order valence-electron chi connectivity index (χ0n) is 17.0. The van der Waals surface area contributed by atoms with Crippen molar-refractivity contribution in [3.05, 3.63) is 57.1 Å². The van der Waals surface area contributed by atoms with Crippen molar-refractivity contribution in [2.45, 2.75) is 24.7 Å². The average Bonchev–Trinajstić information content (AvgIpc) is 2.75. The van der Waals surface area contributed by atoms with Crippen LogP contribution in [0.15, 0.2) is 41.3 Å². The fraction of sp³-hybridized carbons (Fsp3) is 0.350. The predicted molar refractivity (Wildman–Crippen MR) is 116 cm³/mol. The summed E-state index contributed by atoms with van der Waals surface area (Å²) in [7, 11) is -2.41. The Morgan fingerprint density at radius 1 is 1.32 bits per heavy atom. The van der Waals surface area contributed by atoms with E-state index in [0.717, 1.165) is 0 Å². The van der Waals surface area contributed by atoms with Crippen LogP contribution in [-0.2, 0) is 14.8 Å². The molecule has 1 fully saturated rings. The van der Waals surface area contributed by atoms with Crippen LogP contribution < -0.4 is 10.1 Å². The minimum Gasteiger partial charge on any atom is -0.495 e. The van der Waals surface area contributed by atoms with Gasteiger partial charge in [0.1, 0.15) is 5.75 Å². The van der Waals surface area contributed by atoms with Gasteiger partial charge < -0.3 is 10.1 Å². The predicted octanol–water partition coefficient (Wildman–Crippen LogP) is 3.60. The maximum atomic E-state index is 13.1. The normalized spacial score (nSPS) is 17.2. The number of hydrogen-bond donors (Lipinski definition) is 1. The molecule has 0 bridgehead atoms. The van der Waals surface area contributed by atoms with Crippen LogP contribution in [0.3, 0.4) is 0 Å². The second-order valence-electron chi connectivity index (χ2n) is 7.19. The first-order valence-corrected chi connectivity index (χ1v) is 11.4. The van der Waals surface area contributed by atoms with Crippen LogP contribution in [0, 0.1) is 23.0 Å². The second kappa shape index (κ2) is 9.21. The van der Waals surface area contributed by atoms with Gasteiger partial charge in [0.15, 0.2) is 0 Å². The first-order valence-electron chi connectivity index (χ1n) is 9.53. The number of carbonyl (C=O) groups is 1. The van der Waals surface area contributed by atoms with Crippen LogP contribution in [0.4, 0.5) is 11.4 Å². The number of halogens is 1. The van der Waals surface area contributed by atoms with Gasteiger partial charge in [0.2, 0.25) is 15.9 Å². The van der Waals surface area contributed by atoms with Gasteiger partial charge in [-0.05, 0) is 44.0 Å². The Kier molecular flexibility index (Phi) is 6.83. The molecule has 1 atom stereocenters. The molecule has 31 heavy (non-hydrogen) atoms. The highest BCUT2D eigenvalue weighted by Gasteiger charge is 2.34. The molecule has 1 heterocycles. The number of hydrogen-bond acceptors (Lipinski definition) is 6. The van der Waals surface area contributed by atoms with Crippen molar-refractivity contribution in [3.63, 3.8) is 0 Å². The molecule has 0 unspecified atom stereocenters. The van der Waals surface area contributed by atoms with E-state index in [2.05, 4.69) is 5.32 Å². The number of benzene rings is 2. The van der Waals surface area contributed by atoms with Gasteiger partial charge >= 0.3 is 0 Å². The van der Waals surface area contributed by atoms with Crippen LogP contribution in [0.2, 0.25) is 5.02 Å². The lowest BCUT2D eigenvalue weighted by Crippen LogP contribution is -2.43. The Morgan fingerprint density at radius 2 is 2.06 bits per heavy atom. The van der Waals surface area contributed by atoms with Crippen molar-refractivity contribution in [3.8, 4) is 5.75 Å². The van der Waals surface area contributed by atoms with Crippen LogP contribution in [0.5, 0.6) is 5.75 Å². The highest BCUT2D eigenvalue weighted by atomic mass is 35.5. The number of nitro benzene ring substituents is 1. The number of amides is 1. The van der Waals surface area contributed by atoms with Gasteiger partial charge in [-0.1, -0.05) is 17.7 Å². The van der Waals surface area contributed by atoms with E-state index in [1.807, 2.05) is 0 Å². The molecule has 0 radical (unpaired) electrons. The molecule has 1 aliphatic rings. The van der Waals surface area contributed by atoms with Gasteiger partial charge in [0.05, 0.1) is 39.1 Å². The van der Waals surface area contributed by atoms with E-state index in [1.54, 1.807) is 13.0 Å². The van der Waals surface area contributed by atoms with Gasteiger partial charge in [-0.25, -0.2) is 8.42 Å². The first kappa shape index (κ1) is 23.0. The maximum Gasteiger partial charge on any atom is 0.274 e. The Bertz CT molecular complexity index is 1120. The minimum atomic E-state index is -3.85. The molecule has 0 aromatic heterocycles. The lowest BCUT2D eigenvalue weighted by molar-refractivity contribution is -0.385. The lowest BCUT2D eigenvalue weighted by atomic mass is 9.98. The molecule has 0 aliphatic carbocycles. The van der Waals surface area contributed by atoms with Gasteiger partial charge in [-0.2, -0.15) is 4.31 Å². The van der Waals surface area contributed by atoms with Crippen LogP contribution in [0.25, 0.3) is 0 Å². The lowest BCUT2D eigenvalue weighted by Gasteiger charge is -2.31. The SMILES string of the molecule is COc1ccc(S(=O)(=O)N2CCC[C@@H](C(=O)Nc3cccc([N+](=O)[O-])c3C)C2)cc1Cl. The number of nitrogens with one attached hydrogen (secondary N) is 1. The molecule has 11 heteroatoms. The Hall–Kier alpha value is -2.69. The molecule has 3 rings (SSSR count). The molecule has 0 saturated carbocycles. The van der Waals surface area contributed by atoms with Gasteiger partial charge in [-0.3, -0.25) is 14.9 Å². The molecule has 2 aromatic carbocycles. The van der Waals surface area contributed by atoms with E-state index in [-0.39, 0.29) is 34.6 Å². The number of anilines is 1. The molecule has 1 aliphatic heterocycles. The van der Waals surface area contributed by atoms with E-state index in [4.69, 9.17) is 16.3 Å². The quantitative estimate of drug-likeness (QED) is 0.512. The molecule has 1 amide bonds. The van der Waals surface area contributed by atoms with Crippen molar-refractivity contribution < 1.29 is 22.9 Å². The molecule has 166 valence electrons.